The van der Waals surface area contributed by atoms with E-state index in [0.717, 1.165) is 50.8 Å². The fraction of sp³-hybridized carbons (Fsp3) is 0.219. The number of aromatic nitrogens is 1. The van der Waals surface area contributed by atoms with E-state index in [4.69, 9.17) is 4.74 Å². The van der Waals surface area contributed by atoms with Crippen LogP contribution in [0, 0.1) is 5.92 Å². The zero-order valence-corrected chi connectivity index (χ0v) is 25.9. The number of carbonyl (C=O) groups is 4. The first-order valence-corrected chi connectivity index (χ1v) is 15.9. The third-order valence-corrected chi connectivity index (χ3v) is 10.3. The number of nitrogens with one attached hydrogen (secondary N) is 1. The van der Waals surface area contributed by atoms with Gasteiger partial charge in [0.15, 0.2) is 0 Å². The van der Waals surface area contributed by atoms with Crippen LogP contribution in [-0.4, -0.2) is 45.2 Å². The van der Waals surface area contributed by atoms with Gasteiger partial charge in [-0.25, -0.2) is 9.69 Å². The fourth-order valence-corrected chi connectivity index (χ4v) is 8.44. The number of para-hydroxylation sites is 1. The summed E-state index contributed by atoms with van der Waals surface area (Å²) in [6.07, 6.45) is -4.63. The molecule has 2 aliphatic heterocycles. The average Bonchev–Trinajstić information content (AvgIpc) is 3.47. The summed E-state index contributed by atoms with van der Waals surface area (Å²) in [5.74, 6) is -4.68. The molecule has 0 radical (unpaired) electrons. The van der Waals surface area contributed by atoms with Gasteiger partial charge in [-0.2, -0.15) is 13.2 Å². The standard InChI is InChI=1S/C32H24F3N3O7S2/c1-2-45-30(43)16-10-12-19(13-11-16)38-27(41)24-23(20-8-3-4-9-21(20)39)26-29(46-25(24)28(38)42)37(31(44)47-26)15-22(40)36-18-7-5-6-17(14-18)32(33,34)35/h3-14,23-25,39H,2,15H2,1H3,(H,36,40). The number of hydrogen-bond donors (Lipinski definition) is 2. The van der Waals surface area contributed by atoms with E-state index in [1.807, 2.05) is 0 Å². The number of phenolic OH excluding ortho intramolecular Hbond substituents is 1. The highest BCUT2D eigenvalue weighted by molar-refractivity contribution is 8.00. The number of rotatable bonds is 7. The summed E-state index contributed by atoms with van der Waals surface area (Å²) in [6.45, 7) is 1.25. The summed E-state index contributed by atoms with van der Waals surface area (Å²) in [4.78, 5) is 67.2. The number of aromatic hydroxyl groups is 1. The van der Waals surface area contributed by atoms with E-state index in [-0.39, 0.29) is 34.3 Å². The van der Waals surface area contributed by atoms with E-state index in [1.54, 1.807) is 25.1 Å². The van der Waals surface area contributed by atoms with Gasteiger partial charge in [0, 0.05) is 22.0 Å². The van der Waals surface area contributed by atoms with Crippen LogP contribution in [0.3, 0.4) is 0 Å². The van der Waals surface area contributed by atoms with E-state index >= 15 is 0 Å². The third kappa shape index (κ3) is 5.91. The highest BCUT2D eigenvalue weighted by atomic mass is 32.2. The van der Waals surface area contributed by atoms with Gasteiger partial charge in [-0.3, -0.25) is 23.7 Å². The zero-order chi connectivity index (χ0) is 33.6. The summed E-state index contributed by atoms with van der Waals surface area (Å²) < 4.78 is 45.7. The van der Waals surface area contributed by atoms with Gasteiger partial charge >= 0.3 is 17.0 Å². The minimum Gasteiger partial charge on any atom is -0.508 e. The number of alkyl halides is 3. The number of amides is 3. The molecule has 0 saturated carbocycles. The quantitative estimate of drug-likeness (QED) is 0.200. The predicted molar refractivity (Wildman–Crippen MR) is 167 cm³/mol. The lowest BCUT2D eigenvalue weighted by atomic mass is 9.82. The van der Waals surface area contributed by atoms with E-state index in [0.29, 0.717) is 10.4 Å². The van der Waals surface area contributed by atoms with E-state index in [2.05, 4.69) is 5.32 Å². The lowest BCUT2D eigenvalue weighted by Crippen LogP contribution is -2.33. The van der Waals surface area contributed by atoms with Crippen molar-refractivity contribution in [3.8, 4) is 5.75 Å². The van der Waals surface area contributed by atoms with Crippen molar-refractivity contribution >= 4 is 58.2 Å². The number of phenols is 1. The molecule has 3 unspecified atom stereocenters. The molecule has 6 rings (SSSR count). The fourth-order valence-electron chi connectivity index (χ4n) is 5.67. The van der Waals surface area contributed by atoms with Gasteiger partial charge in [0.1, 0.15) is 17.5 Å². The second-order valence-corrected chi connectivity index (χ2v) is 12.8. The van der Waals surface area contributed by atoms with Gasteiger partial charge in [0.05, 0.1) is 34.4 Å². The summed E-state index contributed by atoms with van der Waals surface area (Å²) in [5, 5.41) is 12.4. The molecular formula is C32H24F3N3O7S2. The van der Waals surface area contributed by atoms with Gasteiger partial charge in [0.2, 0.25) is 17.7 Å². The molecule has 1 saturated heterocycles. The Kier molecular flexibility index (Phi) is 8.44. The molecule has 2 N–H and O–H groups in total. The van der Waals surface area contributed by atoms with Crippen LogP contribution < -0.4 is 15.1 Å². The maximum Gasteiger partial charge on any atom is 0.416 e. The number of anilines is 2. The number of imide groups is 1. The number of esters is 1. The number of fused-ring (bicyclic) bond motifs is 2. The Morgan fingerprint density at radius 3 is 2.38 bits per heavy atom. The molecule has 3 aromatic carbocycles. The molecule has 0 spiro atoms. The van der Waals surface area contributed by atoms with Crippen molar-refractivity contribution in [1.29, 1.82) is 0 Å². The second-order valence-electron chi connectivity index (χ2n) is 10.6. The number of benzene rings is 3. The van der Waals surface area contributed by atoms with Crippen molar-refractivity contribution < 1.29 is 42.2 Å². The number of thiazole rings is 1. The van der Waals surface area contributed by atoms with Crippen molar-refractivity contribution in [3.05, 3.63) is 104 Å². The average molecular weight is 684 g/mol. The highest BCUT2D eigenvalue weighted by Gasteiger charge is 2.57. The van der Waals surface area contributed by atoms with Gasteiger partial charge in [-0.15, -0.1) is 0 Å². The lowest BCUT2D eigenvalue weighted by Gasteiger charge is -2.31. The molecule has 3 amide bonds. The van der Waals surface area contributed by atoms with Crippen molar-refractivity contribution in [1.82, 2.24) is 4.57 Å². The SMILES string of the molecule is CCOC(=O)c1ccc(N2C(=O)C3Sc4c(sc(=O)n4CC(=O)Nc4cccc(C(F)(F)F)c4)C(c4ccccc4O)C3C2=O)cc1. The zero-order valence-electron chi connectivity index (χ0n) is 24.3. The van der Waals surface area contributed by atoms with Crippen LogP contribution in [0.1, 0.15) is 39.2 Å². The summed E-state index contributed by atoms with van der Waals surface area (Å²) in [5.41, 5.74) is -0.352. The Bertz CT molecular complexity index is 1970. The molecule has 242 valence electrons. The molecule has 0 aliphatic carbocycles. The lowest BCUT2D eigenvalue weighted by molar-refractivity contribution is -0.137. The predicted octanol–water partition coefficient (Wildman–Crippen LogP) is 5.25. The Hall–Kier alpha value is -4.89. The molecule has 3 heterocycles. The highest BCUT2D eigenvalue weighted by Crippen LogP contribution is 2.55. The van der Waals surface area contributed by atoms with Crippen LogP contribution in [0.15, 0.2) is 82.6 Å². The van der Waals surface area contributed by atoms with E-state index in [1.165, 1.54) is 36.4 Å². The van der Waals surface area contributed by atoms with E-state index < -0.39 is 63.9 Å². The van der Waals surface area contributed by atoms with Crippen LogP contribution in [0.25, 0.3) is 0 Å². The third-order valence-electron chi connectivity index (χ3n) is 7.73. The first kappa shape index (κ1) is 32.1. The van der Waals surface area contributed by atoms with Crippen LogP contribution in [0.2, 0.25) is 0 Å². The number of hydrogen-bond acceptors (Lipinski definition) is 9. The minimum absolute atomic E-state index is 0.122. The normalized spacial score (nSPS) is 18.9. The van der Waals surface area contributed by atoms with Crippen molar-refractivity contribution in [3.63, 3.8) is 0 Å². The van der Waals surface area contributed by atoms with Gasteiger partial charge < -0.3 is 15.2 Å². The molecule has 4 aromatic rings. The van der Waals surface area contributed by atoms with Crippen molar-refractivity contribution in [2.24, 2.45) is 5.92 Å². The number of nitrogens with zero attached hydrogens (tertiary/aromatic N) is 2. The number of thioether (sulfide) groups is 1. The number of ether oxygens (including phenoxy) is 1. The maximum absolute atomic E-state index is 14.0. The van der Waals surface area contributed by atoms with Crippen LogP contribution >= 0.6 is 23.1 Å². The van der Waals surface area contributed by atoms with Gasteiger partial charge in [-0.05, 0) is 55.5 Å². The molecule has 10 nitrogen and oxygen atoms in total. The first-order chi connectivity index (χ1) is 22.4. The van der Waals surface area contributed by atoms with E-state index in [9.17, 15) is 42.3 Å². The molecule has 0 bridgehead atoms. The molecule has 1 fully saturated rings. The summed E-state index contributed by atoms with van der Waals surface area (Å²) in [6, 6.07) is 16.0. The Labute approximate surface area is 272 Å². The Morgan fingerprint density at radius 1 is 0.979 bits per heavy atom. The van der Waals surface area contributed by atoms with Gasteiger partial charge in [-0.1, -0.05) is 47.4 Å². The minimum atomic E-state index is -4.63. The Balaban J connectivity index is 1.36. The Morgan fingerprint density at radius 2 is 1.70 bits per heavy atom. The van der Waals surface area contributed by atoms with Crippen LogP contribution in [0.5, 0.6) is 5.75 Å². The summed E-state index contributed by atoms with van der Waals surface area (Å²) in [7, 11) is 0. The molecule has 15 heteroatoms. The monoisotopic (exact) mass is 683 g/mol. The molecule has 3 atom stereocenters. The first-order valence-electron chi connectivity index (χ1n) is 14.2. The molecule has 47 heavy (non-hydrogen) atoms. The largest absolute Gasteiger partial charge is 0.508 e. The molecular weight excluding hydrogens is 659 g/mol. The molecule has 2 aliphatic rings. The smallest absolute Gasteiger partial charge is 0.416 e. The van der Waals surface area contributed by atoms with Gasteiger partial charge in [0.25, 0.3) is 0 Å². The van der Waals surface area contributed by atoms with Crippen molar-refractivity contribution in [2.45, 2.75) is 35.8 Å². The maximum atomic E-state index is 14.0. The molecule has 1 aromatic heterocycles. The number of halogens is 3. The van der Waals surface area contributed by atoms with Crippen LogP contribution in [0.4, 0.5) is 24.5 Å². The second kappa shape index (κ2) is 12.4. The summed E-state index contributed by atoms with van der Waals surface area (Å²) >= 11 is 1.69. The number of carbonyl (C=O) groups excluding carboxylic acids is 4. The van der Waals surface area contributed by atoms with Crippen LogP contribution in [-0.2, 0) is 31.8 Å². The van der Waals surface area contributed by atoms with Crippen molar-refractivity contribution in [2.75, 3.05) is 16.8 Å². The topological polar surface area (TPSA) is 135 Å².